The molecule has 4 nitrogen and oxygen atoms in total. The standard InChI is InChI=1S/C13H10BrFN2O2/c14-10-3-1-7(15)5-12(10)17-8-2-4-11(16)9(6-8)13(18)19/h1-6,17H,16H2,(H,18,19). The summed E-state index contributed by atoms with van der Waals surface area (Å²) in [6, 6.07) is 8.70. The number of rotatable bonds is 3. The van der Waals surface area contributed by atoms with Crippen molar-refractivity contribution in [2.45, 2.75) is 0 Å². The fourth-order valence-corrected chi connectivity index (χ4v) is 1.91. The number of hydrogen-bond acceptors (Lipinski definition) is 3. The minimum Gasteiger partial charge on any atom is -0.478 e. The molecule has 0 aliphatic carbocycles. The van der Waals surface area contributed by atoms with Crippen LogP contribution in [0.25, 0.3) is 0 Å². The first-order chi connectivity index (χ1) is 8.97. The number of nitrogens with one attached hydrogen (secondary N) is 1. The van der Waals surface area contributed by atoms with Gasteiger partial charge in [-0.15, -0.1) is 0 Å². The van der Waals surface area contributed by atoms with Crippen LogP contribution < -0.4 is 11.1 Å². The van der Waals surface area contributed by atoms with E-state index in [2.05, 4.69) is 21.2 Å². The van der Waals surface area contributed by atoms with Crippen molar-refractivity contribution in [2.24, 2.45) is 0 Å². The van der Waals surface area contributed by atoms with Crippen LogP contribution in [0, 0.1) is 5.82 Å². The smallest absolute Gasteiger partial charge is 0.337 e. The van der Waals surface area contributed by atoms with Gasteiger partial charge in [-0.25, -0.2) is 9.18 Å². The molecular formula is C13H10BrFN2O2. The molecule has 0 fully saturated rings. The number of anilines is 3. The first-order valence-electron chi connectivity index (χ1n) is 5.32. The molecule has 2 aromatic rings. The summed E-state index contributed by atoms with van der Waals surface area (Å²) in [7, 11) is 0. The van der Waals surface area contributed by atoms with Gasteiger partial charge >= 0.3 is 5.97 Å². The summed E-state index contributed by atoms with van der Waals surface area (Å²) < 4.78 is 13.8. The fraction of sp³-hybridized carbons (Fsp3) is 0. The van der Waals surface area contributed by atoms with Gasteiger partial charge in [0.2, 0.25) is 0 Å². The Morgan fingerprint density at radius 3 is 2.68 bits per heavy atom. The molecule has 0 spiro atoms. The Hall–Kier alpha value is -2.08. The van der Waals surface area contributed by atoms with Crippen molar-refractivity contribution in [1.29, 1.82) is 0 Å². The zero-order valence-electron chi connectivity index (χ0n) is 9.65. The molecule has 98 valence electrons. The molecule has 2 aromatic carbocycles. The van der Waals surface area contributed by atoms with E-state index in [1.54, 1.807) is 12.1 Å². The van der Waals surface area contributed by atoms with Crippen molar-refractivity contribution in [3.05, 3.63) is 52.3 Å². The highest BCUT2D eigenvalue weighted by Gasteiger charge is 2.09. The second-order valence-corrected chi connectivity index (χ2v) is 4.71. The van der Waals surface area contributed by atoms with Crippen LogP contribution in [-0.4, -0.2) is 11.1 Å². The van der Waals surface area contributed by atoms with Gasteiger partial charge in [0.05, 0.1) is 11.3 Å². The summed E-state index contributed by atoms with van der Waals surface area (Å²) in [5, 5.41) is 11.9. The predicted octanol–water partition coefficient (Wildman–Crippen LogP) is 3.61. The van der Waals surface area contributed by atoms with Crippen LogP contribution in [0.5, 0.6) is 0 Å². The Morgan fingerprint density at radius 1 is 1.26 bits per heavy atom. The lowest BCUT2D eigenvalue weighted by Crippen LogP contribution is -2.03. The van der Waals surface area contributed by atoms with Gasteiger partial charge in [-0.3, -0.25) is 0 Å². The third-order valence-electron chi connectivity index (χ3n) is 2.49. The molecule has 6 heteroatoms. The first-order valence-corrected chi connectivity index (χ1v) is 6.11. The van der Waals surface area contributed by atoms with E-state index in [9.17, 15) is 9.18 Å². The minimum absolute atomic E-state index is 0.00229. The Bertz CT molecular complexity index is 647. The Kier molecular flexibility index (Phi) is 3.71. The quantitative estimate of drug-likeness (QED) is 0.754. The van der Waals surface area contributed by atoms with Crippen molar-refractivity contribution < 1.29 is 14.3 Å². The molecule has 19 heavy (non-hydrogen) atoms. The van der Waals surface area contributed by atoms with Crippen LogP contribution in [0.3, 0.4) is 0 Å². The van der Waals surface area contributed by atoms with E-state index < -0.39 is 5.97 Å². The lowest BCUT2D eigenvalue weighted by atomic mass is 10.1. The van der Waals surface area contributed by atoms with E-state index >= 15 is 0 Å². The lowest BCUT2D eigenvalue weighted by Gasteiger charge is -2.10. The molecule has 0 radical (unpaired) electrons. The highest BCUT2D eigenvalue weighted by atomic mass is 79.9. The molecule has 0 unspecified atom stereocenters. The van der Waals surface area contributed by atoms with E-state index in [-0.39, 0.29) is 17.1 Å². The maximum atomic E-state index is 13.1. The van der Waals surface area contributed by atoms with E-state index in [4.69, 9.17) is 10.8 Å². The summed E-state index contributed by atoms with van der Waals surface area (Å²) in [5.41, 5.74) is 6.75. The van der Waals surface area contributed by atoms with Gasteiger partial charge in [-0.1, -0.05) is 0 Å². The Labute approximate surface area is 117 Å². The van der Waals surface area contributed by atoms with Crippen LogP contribution >= 0.6 is 15.9 Å². The van der Waals surface area contributed by atoms with Crippen LogP contribution in [0.2, 0.25) is 0 Å². The van der Waals surface area contributed by atoms with Gasteiger partial charge in [0.15, 0.2) is 0 Å². The van der Waals surface area contributed by atoms with Gasteiger partial charge in [0.25, 0.3) is 0 Å². The van der Waals surface area contributed by atoms with E-state index in [0.717, 1.165) is 0 Å². The lowest BCUT2D eigenvalue weighted by molar-refractivity contribution is 0.0698. The van der Waals surface area contributed by atoms with Crippen molar-refractivity contribution >= 4 is 39.0 Å². The summed E-state index contributed by atoms with van der Waals surface area (Å²) >= 11 is 3.28. The third kappa shape index (κ3) is 3.03. The number of aromatic carboxylic acids is 1. The molecule has 0 saturated carbocycles. The summed E-state index contributed by atoms with van der Waals surface area (Å²) in [4.78, 5) is 11.0. The molecular weight excluding hydrogens is 315 g/mol. The van der Waals surface area contributed by atoms with Gasteiger partial charge < -0.3 is 16.2 Å². The number of carboxylic acid groups (broad SMARTS) is 1. The molecule has 2 rings (SSSR count). The van der Waals surface area contributed by atoms with Crippen molar-refractivity contribution in [3.8, 4) is 0 Å². The second kappa shape index (κ2) is 5.27. The predicted molar refractivity (Wildman–Crippen MR) is 75.2 cm³/mol. The van der Waals surface area contributed by atoms with Crippen LogP contribution in [0.15, 0.2) is 40.9 Å². The van der Waals surface area contributed by atoms with Crippen LogP contribution in [0.1, 0.15) is 10.4 Å². The van der Waals surface area contributed by atoms with Gasteiger partial charge in [-0.05, 0) is 52.3 Å². The number of benzene rings is 2. The van der Waals surface area contributed by atoms with Crippen molar-refractivity contribution in [1.82, 2.24) is 0 Å². The number of hydrogen-bond donors (Lipinski definition) is 3. The molecule has 4 N–H and O–H groups in total. The molecule has 0 bridgehead atoms. The minimum atomic E-state index is -1.11. The zero-order chi connectivity index (χ0) is 14.0. The molecule has 0 aliphatic rings. The number of nitrogens with two attached hydrogens (primary N) is 1. The molecule has 0 amide bonds. The third-order valence-corrected chi connectivity index (χ3v) is 3.18. The average molecular weight is 325 g/mol. The van der Waals surface area contributed by atoms with Gasteiger partial charge in [0, 0.05) is 15.8 Å². The highest BCUT2D eigenvalue weighted by Crippen LogP contribution is 2.28. The largest absolute Gasteiger partial charge is 0.478 e. The zero-order valence-corrected chi connectivity index (χ0v) is 11.2. The highest BCUT2D eigenvalue weighted by molar-refractivity contribution is 9.10. The van der Waals surface area contributed by atoms with E-state index in [1.807, 2.05) is 0 Å². The Morgan fingerprint density at radius 2 is 2.00 bits per heavy atom. The SMILES string of the molecule is Nc1ccc(Nc2cc(F)ccc2Br)cc1C(=O)O. The molecule has 0 aliphatic heterocycles. The van der Waals surface area contributed by atoms with Crippen molar-refractivity contribution in [2.75, 3.05) is 11.1 Å². The van der Waals surface area contributed by atoms with E-state index in [1.165, 1.54) is 24.3 Å². The summed E-state index contributed by atoms with van der Waals surface area (Å²) in [5.74, 6) is -1.50. The molecule has 0 aromatic heterocycles. The number of carbonyl (C=O) groups is 1. The van der Waals surface area contributed by atoms with E-state index in [0.29, 0.717) is 15.8 Å². The average Bonchev–Trinajstić information content (AvgIpc) is 2.36. The molecule has 0 heterocycles. The van der Waals surface area contributed by atoms with Crippen LogP contribution in [-0.2, 0) is 0 Å². The maximum Gasteiger partial charge on any atom is 0.337 e. The maximum absolute atomic E-state index is 13.1. The molecule has 0 saturated heterocycles. The number of carboxylic acids is 1. The fourth-order valence-electron chi connectivity index (χ4n) is 1.57. The summed E-state index contributed by atoms with van der Waals surface area (Å²) in [6.45, 7) is 0. The second-order valence-electron chi connectivity index (χ2n) is 3.86. The topological polar surface area (TPSA) is 75.3 Å². The van der Waals surface area contributed by atoms with Crippen molar-refractivity contribution in [3.63, 3.8) is 0 Å². The molecule has 0 atom stereocenters. The summed E-state index contributed by atoms with van der Waals surface area (Å²) in [6.07, 6.45) is 0. The first kappa shape index (κ1) is 13.4. The monoisotopic (exact) mass is 324 g/mol. The van der Waals surface area contributed by atoms with Gasteiger partial charge in [-0.2, -0.15) is 0 Å². The van der Waals surface area contributed by atoms with Crippen LogP contribution in [0.4, 0.5) is 21.5 Å². The normalized spacial score (nSPS) is 10.2. The number of nitrogen functional groups attached to an aromatic ring is 1. The number of halogens is 2. The van der Waals surface area contributed by atoms with Gasteiger partial charge in [0.1, 0.15) is 5.82 Å². The Balaban J connectivity index is 2.36.